The Morgan fingerprint density at radius 2 is 1.81 bits per heavy atom. The van der Waals surface area contributed by atoms with Crippen LogP contribution in [0.1, 0.15) is 5.56 Å². The summed E-state index contributed by atoms with van der Waals surface area (Å²) in [6.07, 6.45) is 0. The lowest BCUT2D eigenvalue weighted by atomic mass is 10.2. The van der Waals surface area contributed by atoms with E-state index < -0.39 is 16.9 Å². The van der Waals surface area contributed by atoms with Crippen LogP contribution in [0.2, 0.25) is 0 Å². The Morgan fingerprint density at radius 1 is 1.19 bits per heavy atom. The second-order valence-electron chi connectivity index (χ2n) is 3.44. The van der Waals surface area contributed by atoms with Crippen LogP contribution in [0, 0.1) is 12.7 Å². The van der Waals surface area contributed by atoms with Crippen molar-refractivity contribution in [3.05, 3.63) is 62.4 Å². The standard InChI is InChI=1S/C11H9FN2O2/c1-7-2-4-8(5-3-7)14-10(15)6-9(12)11(16)13-14/h2-6H,1H3,(H,13,16). The summed E-state index contributed by atoms with van der Waals surface area (Å²) < 4.78 is 13.8. The Kier molecular flexibility index (Phi) is 2.44. The summed E-state index contributed by atoms with van der Waals surface area (Å²) in [7, 11) is 0. The highest BCUT2D eigenvalue weighted by molar-refractivity contribution is 5.33. The lowest BCUT2D eigenvalue weighted by Crippen LogP contribution is -2.29. The molecule has 0 aliphatic carbocycles. The molecule has 0 atom stereocenters. The van der Waals surface area contributed by atoms with Gasteiger partial charge in [0, 0.05) is 6.07 Å². The number of nitrogens with one attached hydrogen (secondary N) is 1. The van der Waals surface area contributed by atoms with Crippen LogP contribution in [-0.4, -0.2) is 9.78 Å². The van der Waals surface area contributed by atoms with Gasteiger partial charge in [-0.3, -0.25) is 14.7 Å². The molecule has 0 fully saturated rings. The second kappa shape index (κ2) is 3.77. The lowest BCUT2D eigenvalue weighted by Gasteiger charge is -2.04. The third-order valence-corrected chi connectivity index (χ3v) is 2.19. The normalized spacial score (nSPS) is 10.4. The number of aromatic nitrogens is 2. The molecule has 16 heavy (non-hydrogen) atoms. The summed E-state index contributed by atoms with van der Waals surface area (Å²) in [4.78, 5) is 22.5. The van der Waals surface area contributed by atoms with E-state index in [1.165, 1.54) is 0 Å². The van der Waals surface area contributed by atoms with Crippen molar-refractivity contribution in [2.75, 3.05) is 0 Å². The molecule has 0 amide bonds. The maximum atomic E-state index is 12.8. The molecule has 0 spiro atoms. The zero-order chi connectivity index (χ0) is 11.7. The molecule has 0 radical (unpaired) electrons. The summed E-state index contributed by atoms with van der Waals surface area (Å²) in [5.74, 6) is -1.08. The largest absolute Gasteiger partial charge is 0.299 e. The number of hydrogen-bond acceptors (Lipinski definition) is 2. The SMILES string of the molecule is Cc1ccc(-n2[nH]c(=O)c(F)cc2=O)cc1. The highest BCUT2D eigenvalue weighted by Crippen LogP contribution is 2.04. The van der Waals surface area contributed by atoms with Gasteiger partial charge in [0.05, 0.1) is 5.69 Å². The highest BCUT2D eigenvalue weighted by atomic mass is 19.1. The van der Waals surface area contributed by atoms with E-state index in [0.29, 0.717) is 11.8 Å². The molecule has 0 saturated heterocycles. The molecule has 0 aliphatic heterocycles. The van der Waals surface area contributed by atoms with E-state index in [1.54, 1.807) is 24.3 Å². The third-order valence-electron chi connectivity index (χ3n) is 2.19. The topological polar surface area (TPSA) is 54.9 Å². The summed E-state index contributed by atoms with van der Waals surface area (Å²) in [5.41, 5.74) is -0.00455. The Hall–Kier alpha value is -2.17. The number of hydrogen-bond donors (Lipinski definition) is 1. The van der Waals surface area contributed by atoms with E-state index >= 15 is 0 Å². The van der Waals surface area contributed by atoms with Gasteiger partial charge in [-0.25, -0.2) is 9.07 Å². The molecular formula is C11H9FN2O2. The summed E-state index contributed by atoms with van der Waals surface area (Å²) >= 11 is 0. The van der Waals surface area contributed by atoms with E-state index in [4.69, 9.17) is 0 Å². The molecular weight excluding hydrogens is 211 g/mol. The van der Waals surface area contributed by atoms with Crippen molar-refractivity contribution in [2.24, 2.45) is 0 Å². The van der Waals surface area contributed by atoms with Gasteiger partial charge < -0.3 is 0 Å². The van der Waals surface area contributed by atoms with E-state index in [0.717, 1.165) is 10.2 Å². The fraction of sp³-hybridized carbons (Fsp3) is 0.0909. The lowest BCUT2D eigenvalue weighted by molar-refractivity contribution is 0.584. The number of nitrogens with zero attached hydrogens (tertiary/aromatic N) is 1. The van der Waals surface area contributed by atoms with Gasteiger partial charge in [0.25, 0.3) is 11.1 Å². The van der Waals surface area contributed by atoms with Gasteiger partial charge in [-0.05, 0) is 19.1 Å². The number of benzene rings is 1. The van der Waals surface area contributed by atoms with E-state index in [2.05, 4.69) is 5.10 Å². The third kappa shape index (κ3) is 1.79. The van der Waals surface area contributed by atoms with Gasteiger partial charge >= 0.3 is 0 Å². The van der Waals surface area contributed by atoms with Crippen molar-refractivity contribution in [3.63, 3.8) is 0 Å². The molecule has 0 aliphatic rings. The maximum absolute atomic E-state index is 12.8. The summed E-state index contributed by atoms with van der Waals surface area (Å²) in [6, 6.07) is 7.60. The van der Waals surface area contributed by atoms with Gasteiger partial charge in [0.15, 0.2) is 5.82 Å². The van der Waals surface area contributed by atoms with Crippen molar-refractivity contribution < 1.29 is 4.39 Å². The predicted molar refractivity (Wildman–Crippen MR) is 57.4 cm³/mol. The Labute approximate surface area is 90.0 Å². The van der Waals surface area contributed by atoms with Crippen LogP contribution in [0.3, 0.4) is 0 Å². The molecule has 82 valence electrons. The predicted octanol–water partition coefficient (Wildman–Crippen LogP) is 0.973. The van der Waals surface area contributed by atoms with Crippen molar-refractivity contribution in [1.29, 1.82) is 0 Å². The summed E-state index contributed by atoms with van der Waals surface area (Å²) in [5, 5.41) is 2.15. The molecule has 0 unspecified atom stereocenters. The monoisotopic (exact) mass is 220 g/mol. The minimum absolute atomic E-state index is 0.493. The van der Waals surface area contributed by atoms with Crippen LogP contribution in [0.4, 0.5) is 4.39 Å². The van der Waals surface area contributed by atoms with E-state index in [-0.39, 0.29) is 0 Å². The fourth-order valence-electron chi connectivity index (χ4n) is 1.33. The molecule has 0 saturated carbocycles. The first-order valence-electron chi connectivity index (χ1n) is 4.67. The van der Waals surface area contributed by atoms with Gasteiger partial charge in [-0.15, -0.1) is 0 Å². The average molecular weight is 220 g/mol. The molecule has 2 aromatic rings. The van der Waals surface area contributed by atoms with Crippen LogP contribution < -0.4 is 11.1 Å². The maximum Gasteiger partial charge on any atom is 0.299 e. The average Bonchev–Trinajstić information content (AvgIpc) is 2.25. The molecule has 1 N–H and O–H groups in total. The fourth-order valence-corrected chi connectivity index (χ4v) is 1.33. The van der Waals surface area contributed by atoms with Crippen LogP contribution in [0.15, 0.2) is 39.9 Å². The molecule has 1 heterocycles. The van der Waals surface area contributed by atoms with Crippen molar-refractivity contribution in [2.45, 2.75) is 6.92 Å². The number of H-pyrrole nitrogens is 1. The number of aryl methyl sites for hydroxylation is 1. The quantitative estimate of drug-likeness (QED) is 0.778. The first-order valence-corrected chi connectivity index (χ1v) is 4.67. The van der Waals surface area contributed by atoms with E-state index in [1.807, 2.05) is 6.92 Å². The molecule has 5 heteroatoms. The van der Waals surface area contributed by atoms with Gasteiger partial charge in [-0.1, -0.05) is 17.7 Å². The van der Waals surface area contributed by atoms with Crippen LogP contribution in [-0.2, 0) is 0 Å². The van der Waals surface area contributed by atoms with Crippen molar-refractivity contribution >= 4 is 0 Å². The molecule has 2 rings (SSSR count). The Bertz CT molecular complexity index is 626. The molecule has 4 nitrogen and oxygen atoms in total. The summed E-state index contributed by atoms with van der Waals surface area (Å²) in [6.45, 7) is 1.90. The van der Waals surface area contributed by atoms with Gasteiger partial charge in [0.2, 0.25) is 0 Å². The molecule has 1 aromatic carbocycles. The van der Waals surface area contributed by atoms with Gasteiger partial charge in [-0.2, -0.15) is 0 Å². The molecule has 1 aromatic heterocycles. The zero-order valence-corrected chi connectivity index (χ0v) is 8.53. The minimum atomic E-state index is -1.08. The van der Waals surface area contributed by atoms with E-state index in [9.17, 15) is 14.0 Å². The number of halogens is 1. The number of rotatable bonds is 1. The van der Waals surface area contributed by atoms with Crippen LogP contribution in [0.5, 0.6) is 0 Å². The van der Waals surface area contributed by atoms with Gasteiger partial charge in [0.1, 0.15) is 0 Å². The molecule has 0 bridgehead atoms. The minimum Gasteiger partial charge on any atom is -0.267 e. The first-order chi connectivity index (χ1) is 7.58. The Morgan fingerprint density at radius 3 is 2.44 bits per heavy atom. The highest BCUT2D eigenvalue weighted by Gasteiger charge is 2.04. The number of aromatic amines is 1. The first kappa shape index (κ1) is 10.4. The smallest absolute Gasteiger partial charge is 0.267 e. The van der Waals surface area contributed by atoms with Crippen LogP contribution >= 0.6 is 0 Å². The van der Waals surface area contributed by atoms with Crippen molar-refractivity contribution in [1.82, 2.24) is 9.78 Å². The van der Waals surface area contributed by atoms with Crippen LogP contribution in [0.25, 0.3) is 5.69 Å². The second-order valence-corrected chi connectivity index (χ2v) is 3.44. The zero-order valence-electron chi connectivity index (χ0n) is 8.53. The Balaban J connectivity index is 2.65. The van der Waals surface area contributed by atoms with Crippen molar-refractivity contribution in [3.8, 4) is 5.69 Å².